The van der Waals surface area contributed by atoms with Crippen molar-refractivity contribution in [1.82, 2.24) is 30.4 Å². The van der Waals surface area contributed by atoms with Gasteiger partial charge in [-0.25, -0.2) is 4.39 Å². The molecule has 0 fully saturated rings. The van der Waals surface area contributed by atoms with Crippen molar-refractivity contribution >= 4 is 11.5 Å². The third kappa shape index (κ3) is 3.46. The Hall–Kier alpha value is -3.36. The molecule has 2 heterocycles. The summed E-state index contributed by atoms with van der Waals surface area (Å²) < 4.78 is 14.7. The Labute approximate surface area is 129 Å². The Morgan fingerprint density at radius 1 is 1.39 bits per heavy atom. The molecule has 3 aromatic rings. The normalized spacial score (nSPS) is 11.6. The van der Waals surface area contributed by atoms with Gasteiger partial charge in [-0.2, -0.15) is 10.3 Å². The SMILES string of the molecule is O=C(C=C(O)c1ccn(Cc2cccc(F)c2)n1)c1nn[nH]n1. The summed E-state index contributed by atoms with van der Waals surface area (Å²) in [6, 6.07) is 7.66. The molecule has 0 amide bonds. The van der Waals surface area contributed by atoms with Crippen LogP contribution in [0.1, 0.15) is 21.9 Å². The van der Waals surface area contributed by atoms with Crippen LogP contribution in [0.5, 0.6) is 0 Å². The Kier molecular flexibility index (Phi) is 3.91. The third-order valence-corrected chi connectivity index (χ3v) is 2.97. The summed E-state index contributed by atoms with van der Waals surface area (Å²) >= 11 is 0. The number of halogens is 1. The van der Waals surface area contributed by atoms with Crippen LogP contribution < -0.4 is 0 Å². The van der Waals surface area contributed by atoms with Gasteiger partial charge >= 0.3 is 0 Å². The zero-order valence-corrected chi connectivity index (χ0v) is 11.7. The molecule has 0 aliphatic carbocycles. The minimum Gasteiger partial charge on any atom is -0.505 e. The van der Waals surface area contributed by atoms with Crippen molar-refractivity contribution in [1.29, 1.82) is 0 Å². The average molecular weight is 314 g/mol. The second kappa shape index (κ2) is 6.18. The smallest absolute Gasteiger partial charge is 0.244 e. The lowest BCUT2D eigenvalue weighted by Gasteiger charge is -2.02. The van der Waals surface area contributed by atoms with Crippen LogP contribution in [0.15, 0.2) is 42.6 Å². The number of aromatic nitrogens is 6. The molecule has 9 heteroatoms. The first-order valence-electron chi connectivity index (χ1n) is 6.58. The first-order valence-corrected chi connectivity index (χ1v) is 6.58. The number of carbonyl (C=O) groups is 1. The highest BCUT2D eigenvalue weighted by Crippen LogP contribution is 2.11. The van der Waals surface area contributed by atoms with E-state index in [4.69, 9.17) is 0 Å². The molecule has 2 N–H and O–H groups in total. The zero-order valence-electron chi connectivity index (χ0n) is 11.7. The van der Waals surface area contributed by atoms with Gasteiger partial charge in [0.2, 0.25) is 11.6 Å². The standard InChI is InChI=1S/C14H11FN6O2/c15-10-3-1-2-9(6-10)8-21-5-4-11(18-21)12(22)7-13(23)14-16-19-20-17-14/h1-7,22H,8H2,(H,16,17,19,20). The summed E-state index contributed by atoms with van der Waals surface area (Å²) in [5.74, 6) is -1.41. The molecule has 0 aliphatic rings. The van der Waals surface area contributed by atoms with Crippen LogP contribution in [-0.4, -0.2) is 41.3 Å². The van der Waals surface area contributed by atoms with Crippen LogP contribution in [-0.2, 0) is 6.54 Å². The van der Waals surface area contributed by atoms with Crippen molar-refractivity contribution in [3.05, 3.63) is 65.5 Å². The van der Waals surface area contributed by atoms with Crippen LogP contribution in [0.3, 0.4) is 0 Å². The van der Waals surface area contributed by atoms with E-state index in [1.165, 1.54) is 22.9 Å². The summed E-state index contributed by atoms with van der Waals surface area (Å²) in [6.07, 6.45) is 2.57. The number of nitrogens with zero attached hydrogens (tertiary/aromatic N) is 5. The lowest BCUT2D eigenvalue weighted by Crippen LogP contribution is -2.02. The van der Waals surface area contributed by atoms with Gasteiger partial charge in [-0.05, 0) is 29.0 Å². The van der Waals surface area contributed by atoms with E-state index in [9.17, 15) is 14.3 Å². The van der Waals surface area contributed by atoms with Gasteiger partial charge < -0.3 is 5.11 Å². The largest absolute Gasteiger partial charge is 0.505 e. The van der Waals surface area contributed by atoms with Crippen molar-refractivity contribution in [2.45, 2.75) is 6.54 Å². The molecule has 2 aromatic heterocycles. The molecule has 8 nitrogen and oxygen atoms in total. The highest BCUT2D eigenvalue weighted by molar-refractivity contribution is 6.04. The van der Waals surface area contributed by atoms with Gasteiger partial charge in [0.25, 0.3) is 0 Å². The number of hydrogen-bond donors (Lipinski definition) is 2. The summed E-state index contributed by atoms with van der Waals surface area (Å²) in [5, 5.41) is 26.5. The van der Waals surface area contributed by atoms with E-state index in [0.29, 0.717) is 6.54 Å². The second-order valence-electron chi connectivity index (χ2n) is 4.66. The van der Waals surface area contributed by atoms with Crippen molar-refractivity contribution in [2.24, 2.45) is 0 Å². The van der Waals surface area contributed by atoms with Gasteiger partial charge in [0, 0.05) is 12.3 Å². The first-order chi connectivity index (χ1) is 11.1. The van der Waals surface area contributed by atoms with Crippen molar-refractivity contribution < 1.29 is 14.3 Å². The monoisotopic (exact) mass is 314 g/mol. The number of allylic oxidation sites excluding steroid dienone is 1. The Morgan fingerprint density at radius 3 is 3.00 bits per heavy atom. The van der Waals surface area contributed by atoms with E-state index in [1.54, 1.807) is 18.3 Å². The van der Waals surface area contributed by atoms with Gasteiger partial charge in [0.1, 0.15) is 17.3 Å². The number of aromatic amines is 1. The summed E-state index contributed by atoms with van der Waals surface area (Å²) in [7, 11) is 0. The second-order valence-corrected chi connectivity index (χ2v) is 4.66. The number of hydrogen-bond acceptors (Lipinski definition) is 6. The molecule has 116 valence electrons. The van der Waals surface area contributed by atoms with E-state index in [0.717, 1.165) is 11.6 Å². The molecular weight excluding hydrogens is 303 g/mol. The quantitative estimate of drug-likeness (QED) is 0.418. The average Bonchev–Trinajstić information content (AvgIpc) is 3.18. The molecule has 3 rings (SSSR count). The molecular formula is C14H11FN6O2. The summed E-state index contributed by atoms with van der Waals surface area (Å²) in [4.78, 5) is 11.7. The number of H-pyrrole nitrogens is 1. The number of tetrazole rings is 1. The maximum Gasteiger partial charge on any atom is 0.244 e. The number of benzene rings is 1. The molecule has 0 aliphatic heterocycles. The molecule has 0 spiro atoms. The van der Waals surface area contributed by atoms with E-state index in [-0.39, 0.29) is 23.1 Å². The molecule has 0 saturated carbocycles. The highest BCUT2D eigenvalue weighted by atomic mass is 19.1. The fourth-order valence-corrected chi connectivity index (χ4v) is 1.94. The fraction of sp³-hybridized carbons (Fsp3) is 0.0714. The van der Waals surface area contributed by atoms with Crippen molar-refractivity contribution in [3.8, 4) is 0 Å². The Morgan fingerprint density at radius 2 is 2.26 bits per heavy atom. The minimum absolute atomic E-state index is 0.157. The van der Waals surface area contributed by atoms with Gasteiger partial charge in [0.15, 0.2) is 0 Å². The number of aliphatic hydroxyl groups is 1. The number of rotatable bonds is 5. The summed E-state index contributed by atoms with van der Waals surface area (Å²) in [6.45, 7) is 0.337. The number of carbonyl (C=O) groups excluding carboxylic acids is 1. The number of ketones is 1. The predicted molar refractivity (Wildman–Crippen MR) is 76.8 cm³/mol. The first kappa shape index (κ1) is 14.6. The van der Waals surface area contributed by atoms with Crippen LogP contribution in [0.4, 0.5) is 4.39 Å². The van der Waals surface area contributed by atoms with E-state index >= 15 is 0 Å². The molecule has 0 radical (unpaired) electrons. The van der Waals surface area contributed by atoms with Gasteiger partial charge in [-0.1, -0.05) is 12.1 Å². The maximum absolute atomic E-state index is 13.1. The summed E-state index contributed by atoms with van der Waals surface area (Å²) in [5.41, 5.74) is 0.934. The molecule has 1 aromatic carbocycles. The number of aliphatic hydroxyl groups excluding tert-OH is 1. The molecule has 0 unspecified atom stereocenters. The fourth-order valence-electron chi connectivity index (χ4n) is 1.94. The molecule has 23 heavy (non-hydrogen) atoms. The lowest BCUT2D eigenvalue weighted by molar-refractivity contribution is 0.103. The minimum atomic E-state index is -0.601. The highest BCUT2D eigenvalue weighted by Gasteiger charge is 2.12. The van der Waals surface area contributed by atoms with Crippen LogP contribution in [0.2, 0.25) is 0 Å². The Balaban J connectivity index is 1.75. The van der Waals surface area contributed by atoms with Gasteiger partial charge in [0.05, 0.1) is 6.54 Å². The van der Waals surface area contributed by atoms with Crippen molar-refractivity contribution in [2.75, 3.05) is 0 Å². The molecule has 0 saturated heterocycles. The Bertz CT molecular complexity index is 856. The molecule has 0 atom stereocenters. The third-order valence-electron chi connectivity index (χ3n) is 2.97. The van der Waals surface area contributed by atoms with Crippen LogP contribution in [0, 0.1) is 5.82 Å². The van der Waals surface area contributed by atoms with E-state index in [2.05, 4.69) is 25.7 Å². The van der Waals surface area contributed by atoms with Gasteiger partial charge in [-0.15, -0.1) is 10.2 Å². The van der Waals surface area contributed by atoms with Crippen molar-refractivity contribution in [3.63, 3.8) is 0 Å². The van der Waals surface area contributed by atoms with Crippen LogP contribution >= 0.6 is 0 Å². The molecule has 0 bridgehead atoms. The van der Waals surface area contributed by atoms with Gasteiger partial charge in [-0.3, -0.25) is 9.48 Å². The predicted octanol–water partition coefficient (Wildman–Crippen LogP) is 1.37. The topological polar surface area (TPSA) is 110 Å². The van der Waals surface area contributed by atoms with E-state index in [1.807, 2.05) is 0 Å². The van der Waals surface area contributed by atoms with Crippen LogP contribution in [0.25, 0.3) is 5.76 Å². The number of nitrogens with one attached hydrogen (secondary N) is 1. The lowest BCUT2D eigenvalue weighted by atomic mass is 10.2. The zero-order chi connectivity index (χ0) is 16.2. The maximum atomic E-state index is 13.1. The van der Waals surface area contributed by atoms with E-state index < -0.39 is 5.78 Å².